The van der Waals surface area contributed by atoms with Gasteiger partial charge in [-0.3, -0.25) is 0 Å². The molecule has 0 radical (unpaired) electrons. The van der Waals surface area contributed by atoms with Crippen molar-refractivity contribution in [3.63, 3.8) is 0 Å². The van der Waals surface area contributed by atoms with Crippen LogP contribution in [-0.4, -0.2) is 48.7 Å². The molecule has 0 saturated heterocycles. The van der Waals surface area contributed by atoms with Crippen LogP contribution in [0.25, 0.3) is 0 Å². The van der Waals surface area contributed by atoms with Crippen LogP contribution in [0.4, 0.5) is 0 Å². The maximum atomic E-state index is 9.11. The molecule has 0 fully saturated rings. The van der Waals surface area contributed by atoms with E-state index in [1.165, 1.54) is 142 Å². The molecule has 1 aliphatic heterocycles. The van der Waals surface area contributed by atoms with Gasteiger partial charge in [0.15, 0.2) is 0 Å². The fourth-order valence-electron chi connectivity index (χ4n) is 4.91. The Labute approximate surface area is 195 Å². The number of hydrogen-bond acceptors (Lipinski definition) is 2. The van der Waals surface area contributed by atoms with E-state index in [4.69, 9.17) is 5.11 Å². The Morgan fingerprint density at radius 1 is 0.742 bits per heavy atom. The topological polar surface area (TPSA) is 35.3 Å². The van der Waals surface area contributed by atoms with E-state index >= 15 is 0 Å². The minimum absolute atomic E-state index is 0.329. The molecule has 0 aromatic carbocycles. The minimum atomic E-state index is 0.329. The highest BCUT2D eigenvalue weighted by Gasteiger charge is 2.18. The van der Waals surface area contributed by atoms with Gasteiger partial charge >= 0.3 is 0 Å². The predicted molar refractivity (Wildman–Crippen MR) is 138 cm³/mol. The van der Waals surface area contributed by atoms with Gasteiger partial charge in [-0.15, -0.1) is 0 Å². The highest BCUT2D eigenvalue weighted by molar-refractivity contribution is 5.55. The maximum Gasteiger partial charge on any atom is 0.143 e. The van der Waals surface area contributed by atoms with E-state index < -0.39 is 0 Å². The van der Waals surface area contributed by atoms with Crippen LogP contribution in [0.1, 0.15) is 135 Å². The van der Waals surface area contributed by atoms with Gasteiger partial charge in [-0.25, -0.2) is 4.58 Å². The first kappa shape index (κ1) is 28.6. The Balaban J connectivity index is 1.73. The van der Waals surface area contributed by atoms with Gasteiger partial charge in [0.1, 0.15) is 19.3 Å². The summed E-state index contributed by atoms with van der Waals surface area (Å²) in [7, 11) is 0. The molecule has 3 heteroatoms. The lowest BCUT2D eigenvalue weighted by Crippen LogP contribution is -2.28. The second kappa shape index (κ2) is 22.8. The van der Waals surface area contributed by atoms with Crippen molar-refractivity contribution in [3.8, 4) is 0 Å². The van der Waals surface area contributed by atoms with Gasteiger partial charge in [-0.2, -0.15) is 0 Å². The molecule has 1 heterocycles. The monoisotopic (exact) mass is 437 g/mol. The second-order valence-electron chi connectivity index (χ2n) is 10.0. The van der Waals surface area contributed by atoms with E-state index in [-0.39, 0.29) is 0 Å². The van der Waals surface area contributed by atoms with E-state index in [2.05, 4.69) is 23.0 Å². The third kappa shape index (κ3) is 18.8. The van der Waals surface area contributed by atoms with E-state index in [0.717, 1.165) is 13.0 Å². The van der Waals surface area contributed by atoms with Crippen LogP contribution in [0.3, 0.4) is 0 Å². The van der Waals surface area contributed by atoms with Gasteiger partial charge in [0.2, 0.25) is 0 Å². The van der Waals surface area contributed by atoms with Crippen LogP contribution < -0.4 is 5.32 Å². The van der Waals surface area contributed by atoms with Crippen molar-refractivity contribution in [1.82, 2.24) is 5.32 Å². The van der Waals surface area contributed by atoms with Crippen molar-refractivity contribution in [1.29, 1.82) is 0 Å². The highest BCUT2D eigenvalue weighted by atomic mass is 16.3. The number of unbranched alkanes of at least 4 members (excludes halogenated alkanes) is 15. The summed E-state index contributed by atoms with van der Waals surface area (Å²) in [6.45, 7) is 7.35. The molecule has 0 saturated carbocycles. The largest absolute Gasteiger partial charge is 0.396 e. The lowest BCUT2D eigenvalue weighted by molar-refractivity contribution is -0.530. The molecule has 0 aromatic rings. The molecule has 0 aliphatic carbocycles. The van der Waals surface area contributed by atoms with Crippen LogP contribution in [0.5, 0.6) is 0 Å². The van der Waals surface area contributed by atoms with Gasteiger partial charge < -0.3 is 10.4 Å². The third-order valence-electron chi connectivity index (χ3n) is 6.95. The van der Waals surface area contributed by atoms with Crippen LogP contribution in [-0.2, 0) is 0 Å². The summed E-state index contributed by atoms with van der Waals surface area (Å²) in [5.41, 5.74) is 0. The van der Waals surface area contributed by atoms with Gasteiger partial charge in [0.25, 0.3) is 0 Å². The highest BCUT2D eigenvalue weighted by Crippen LogP contribution is 2.14. The molecule has 1 aliphatic rings. The molecule has 3 nitrogen and oxygen atoms in total. The Morgan fingerprint density at radius 3 is 1.81 bits per heavy atom. The van der Waals surface area contributed by atoms with Crippen LogP contribution in [0, 0.1) is 5.92 Å². The summed E-state index contributed by atoms with van der Waals surface area (Å²) in [6.07, 6.45) is 30.2. The molecule has 31 heavy (non-hydrogen) atoms. The smallest absolute Gasteiger partial charge is 0.143 e. The van der Waals surface area contributed by atoms with Crippen LogP contribution >= 0.6 is 0 Å². The Hall–Kier alpha value is -0.410. The van der Waals surface area contributed by atoms with Crippen LogP contribution in [0.2, 0.25) is 0 Å². The molecule has 0 bridgehead atoms. The molecule has 0 spiro atoms. The molecule has 1 unspecified atom stereocenters. The summed E-state index contributed by atoms with van der Waals surface area (Å²) in [4.78, 5) is 0. The average Bonchev–Trinajstić information content (AvgIpc) is 2.78. The molecule has 2 N–H and O–H groups in total. The molecule has 0 amide bonds. The predicted octanol–water partition coefficient (Wildman–Crippen LogP) is 7.10. The van der Waals surface area contributed by atoms with E-state index in [9.17, 15) is 0 Å². The van der Waals surface area contributed by atoms with Crippen molar-refractivity contribution in [2.24, 2.45) is 5.92 Å². The normalized spacial score (nSPS) is 16.6. The lowest BCUT2D eigenvalue weighted by atomic mass is 9.98. The quantitative estimate of drug-likeness (QED) is 0.132. The fourth-order valence-corrected chi connectivity index (χ4v) is 4.91. The second-order valence-corrected chi connectivity index (χ2v) is 10.0. The number of aliphatic hydroxyl groups is 1. The summed E-state index contributed by atoms with van der Waals surface area (Å²) < 4.78 is 2.49. The minimum Gasteiger partial charge on any atom is -0.396 e. The summed E-state index contributed by atoms with van der Waals surface area (Å²) in [5.74, 6) is 0.608. The number of rotatable bonds is 23. The van der Waals surface area contributed by atoms with E-state index in [1.807, 2.05) is 0 Å². The fraction of sp³-hybridized carbons (Fsp3) is 0.964. The number of aliphatic hydroxyl groups excluding tert-OH is 1. The Morgan fingerprint density at radius 2 is 1.26 bits per heavy atom. The molecule has 184 valence electrons. The molecule has 1 rings (SSSR count). The Bertz CT molecular complexity index is 396. The summed E-state index contributed by atoms with van der Waals surface area (Å²) in [6, 6.07) is 0. The van der Waals surface area contributed by atoms with Crippen molar-refractivity contribution >= 4 is 6.21 Å². The van der Waals surface area contributed by atoms with Crippen molar-refractivity contribution in [3.05, 3.63) is 0 Å². The van der Waals surface area contributed by atoms with Crippen molar-refractivity contribution < 1.29 is 9.68 Å². The average molecular weight is 438 g/mol. The van der Waals surface area contributed by atoms with Gasteiger partial charge in [-0.1, -0.05) is 103 Å². The molecule has 1 atom stereocenters. The maximum absolute atomic E-state index is 9.11. The zero-order chi connectivity index (χ0) is 22.2. The summed E-state index contributed by atoms with van der Waals surface area (Å²) in [5, 5.41) is 12.7. The van der Waals surface area contributed by atoms with E-state index in [0.29, 0.717) is 12.5 Å². The van der Waals surface area contributed by atoms with Crippen molar-refractivity contribution in [2.75, 3.05) is 32.8 Å². The van der Waals surface area contributed by atoms with Crippen molar-refractivity contribution in [2.45, 2.75) is 135 Å². The Kier molecular flexibility index (Phi) is 21.0. The first-order valence-corrected chi connectivity index (χ1v) is 14.3. The third-order valence-corrected chi connectivity index (χ3v) is 6.95. The zero-order valence-corrected chi connectivity index (χ0v) is 21.2. The number of nitrogens with one attached hydrogen (secondary N) is 1. The number of nitrogens with zero attached hydrogens (tertiary/aromatic N) is 1. The molecular weight excluding hydrogens is 380 g/mol. The standard InChI is InChI=1S/C28H57N2O/c1-2-3-4-5-6-7-8-9-10-11-12-13-14-15-16-17-22-29-23-19-25-30-24-18-20-28(27-30)21-26-31/h27-29,31H,2-26H2,1H3/q+1. The SMILES string of the molecule is CCCCCCCCCCCCCCCCCCNCCC[N+]1=CC(CCO)CCC1. The van der Waals surface area contributed by atoms with Gasteiger partial charge in [0.05, 0.1) is 0 Å². The van der Waals surface area contributed by atoms with Crippen LogP contribution in [0.15, 0.2) is 0 Å². The molecular formula is C28H57N2O+. The van der Waals surface area contributed by atoms with Gasteiger partial charge in [-0.05, 0) is 25.8 Å². The molecule has 0 aromatic heterocycles. The van der Waals surface area contributed by atoms with Gasteiger partial charge in [0, 0.05) is 31.9 Å². The summed E-state index contributed by atoms with van der Waals surface area (Å²) >= 11 is 0. The van der Waals surface area contributed by atoms with E-state index in [1.54, 1.807) is 0 Å². The zero-order valence-electron chi connectivity index (χ0n) is 21.2. The number of hydrogen-bond donors (Lipinski definition) is 2. The lowest BCUT2D eigenvalue weighted by Gasteiger charge is -2.16. The first-order chi connectivity index (χ1) is 15.4. The first-order valence-electron chi connectivity index (χ1n) is 14.3.